The Balaban J connectivity index is 2.57. The molecule has 0 N–H and O–H groups in total. The molecule has 1 heterocycles. The number of hydrogen-bond acceptors (Lipinski definition) is 3. The second-order valence-corrected chi connectivity index (χ2v) is 5.90. The maximum Gasteiger partial charge on any atom is 0.255 e. The third-order valence-electron chi connectivity index (χ3n) is 2.84. The smallest absolute Gasteiger partial charge is 0.255 e. The van der Waals surface area contributed by atoms with E-state index in [2.05, 4.69) is 18.8 Å². The van der Waals surface area contributed by atoms with E-state index in [1.54, 1.807) is 17.0 Å². The molecule has 1 unspecified atom stereocenters. The topological polar surface area (TPSA) is 33.2 Å². The van der Waals surface area contributed by atoms with Crippen LogP contribution >= 0.6 is 23.4 Å². The van der Waals surface area contributed by atoms with E-state index in [0.29, 0.717) is 10.7 Å². The van der Waals surface area contributed by atoms with E-state index in [4.69, 9.17) is 11.6 Å². The highest BCUT2D eigenvalue weighted by atomic mass is 35.5. The molecular weight excluding hydrogens is 268 g/mol. The second-order valence-electron chi connectivity index (χ2n) is 4.12. The highest BCUT2D eigenvalue weighted by Gasteiger charge is 2.17. The van der Waals surface area contributed by atoms with Gasteiger partial charge in [-0.2, -0.15) is 11.8 Å². The van der Waals surface area contributed by atoms with Crippen LogP contribution in [-0.2, 0) is 0 Å². The lowest BCUT2D eigenvalue weighted by Crippen LogP contribution is -2.35. The van der Waals surface area contributed by atoms with Gasteiger partial charge < -0.3 is 4.90 Å². The number of rotatable bonds is 6. The molecule has 0 fully saturated rings. The summed E-state index contributed by atoms with van der Waals surface area (Å²) in [6.45, 7) is 4.21. The van der Waals surface area contributed by atoms with Gasteiger partial charge in [0, 0.05) is 19.3 Å². The second kappa shape index (κ2) is 7.64. The number of halogens is 1. The van der Waals surface area contributed by atoms with Crippen molar-refractivity contribution in [2.24, 2.45) is 0 Å². The number of pyridine rings is 1. The van der Waals surface area contributed by atoms with Crippen molar-refractivity contribution in [2.45, 2.75) is 26.3 Å². The van der Waals surface area contributed by atoms with Crippen molar-refractivity contribution in [2.75, 3.05) is 18.6 Å². The maximum atomic E-state index is 12.2. The van der Waals surface area contributed by atoms with Gasteiger partial charge in [-0.05, 0) is 37.0 Å². The molecule has 0 aliphatic rings. The van der Waals surface area contributed by atoms with Gasteiger partial charge in [-0.25, -0.2) is 4.98 Å². The molecule has 3 nitrogen and oxygen atoms in total. The van der Waals surface area contributed by atoms with Crippen LogP contribution in [0.15, 0.2) is 18.3 Å². The van der Waals surface area contributed by atoms with Gasteiger partial charge in [0.1, 0.15) is 5.15 Å². The zero-order valence-corrected chi connectivity index (χ0v) is 12.6. The Kier molecular flexibility index (Phi) is 6.50. The quantitative estimate of drug-likeness (QED) is 0.594. The molecule has 0 aliphatic carbocycles. The summed E-state index contributed by atoms with van der Waals surface area (Å²) in [5, 5.41) is 0.404. The summed E-state index contributed by atoms with van der Waals surface area (Å²) in [6.07, 6.45) is 2.52. The summed E-state index contributed by atoms with van der Waals surface area (Å²) in [5.74, 6) is 2.19. The molecule has 0 aromatic carbocycles. The zero-order chi connectivity index (χ0) is 13.5. The molecule has 100 valence electrons. The number of amides is 1. The molecule has 0 aliphatic heterocycles. The maximum absolute atomic E-state index is 12.2. The number of carbonyl (C=O) groups excluding carboxylic acids is 1. The fourth-order valence-corrected chi connectivity index (χ4v) is 2.41. The Morgan fingerprint density at radius 1 is 1.56 bits per heavy atom. The Hall–Kier alpha value is -0.740. The summed E-state index contributed by atoms with van der Waals surface area (Å²) in [6, 6.07) is 3.58. The lowest BCUT2D eigenvalue weighted by Gasteiger charge is -2.24. The summed E-state index contributed by atoms with van der Waals surface area (Å²) < 4.78 is 0. The fraction of sp³-hybridized carbons (Fsp3) is 0.538. The summed E-state index contributed by atoms with van der Waals surface area (Å²) >= 11 is 7.60. The molecule has 1 atom stereocenters. The number of hydrogen-bond donors (Lipinski definition) is 0. The lowest BCUT2D eigenvalue weighted by atomic mass is 10.2. The predicted octanol–water partition coefficient (Wildman–Crippen LogP) is 3.34. The van der Waals surface area contributed by atoms with Crippen LogP contribution in [0, 0.1) is 0 Å². The summed E-state index contributed by atoms with van der Waals surface area (Å²) in [5.41, 5.74) is 0.580. The zero-order valence-electron chi connectivity index (χ0n) is 11.0. The van der Waals surface area contributed by atoms with Crippen LogP contribution < -0.4 is 0 Å². The molecule has 1 amide bonds. The van der Waals surface area contributed by atoms with Crippen LogP contribution in [0.2, 0.25) is 5.15 Å². The van der Waals surface area contributed by atoms with Gasteiger partial charge in [-0.15, -0.1) is 0 Å². The van der Waals surface area contributed by atoms with Crippen molar-refractivity contribution in [3.8, 4) is 0 Å². The summed E-state index contributed by atoms with van der Waals surface area (Å²) in [7, 11) is 1.83. The first-order valence-corrected chi connectivity index (χ1v) is 7.56. The van der Waals surface area contributed by atoms with Crippen molar-refractivity contribution >= 4 is 29.3 Å². The predicted molar refractivity (Wildman–Crippen MR) is 78.4 cm³/mol. The number of carbonyl (C=O) groups is 1. The van der Waals surface area contributed by atoms with Crippen LogP contribution in [0.4, 0.5) is 0 Å². The number of aromatic nitrogens is 1. The molecule has 0 saturated heterocycles. The fourth-order valence-electron chi connectivity index (χ4n) is 1.50. The first-order chi connectivity index (χ1) is 8.56. The molecule has 5 heteroatoms. The molecule has 0 bridgehead atoms. The van der Waals surface area contributed by atoms with E-state index in [1.165, 1.54) is 6.20 Å². The molecule has 1 aromatic heterocycles. The van der Waals surface area contributed by atoms with E-state index < -0.39 is 0 Å². The van der Waals surface area contributed by atoms with Crippen LogP contribution in [-0.4, -0.2) is 40.4 Å². The van der Waals surface area contributed by atoms with Crippen LogP contribution in [0.3, 0.4) is 0 Å². The Morgan fingerprint density at radius 2 is 2.28 bits per heavy atom. The van der Waals surface area contributed by atoms with Gasteiger partial charge in [-0.3, -0.25) is 4.79 Å². The molecule has 18 heavy (non-hydrogen) atoms. The van der Waals surface area contributed by atoms with E-state index in [1.807, 2.05) is 18.8 Å². The first-order valence-electron chi connectivity index (χ1n) is 6.02. The van der Waals surface area contributed by atoms with Crippen LogP contribution in [0.5, 0.6) is 0 Å². The molecule has 0 saturated carbocycles. The van der Waals surface area contributed by atoms with Gasteiger partial charge in [0.15, 0.2) is 0 Å². The Bertz CT molecular complexity index is 383. The minimum atomic E-state index is -0.00633. The minimum absolute atomic E-state index is 0.00633. The molecule has 1 aromatic rings. The third kappa shape index (κ3) is 4.50. The van der Waals surface area contributed by atoms with E-state index in [9.17, 15) is 4.79 Å². The van der Waals surface area contributed by atoms with Crippen LogP contribution in [0.1, 0.15) is 30.6 Å². The van der Waals surface area contributed by atoms with E-state index >= 15 is 0 Å². The highest BCUT2D eigenvalue weighted by molar-refractivity contribution is 7.99. The summed E-state index contributed by atoms with van der Waals surface area (Å²) in [4.78, 5) is 17.9. The van der Waals surface area contributed by atoms with Crippen molar-refractivity contribution in [1.82, 2.24) is 9.88 Å². The largest absolute Gasteiger partial charge is 0.339 e. The Labute approximate surface area is 118 Å². The number of thioether (sulfide) groups is 1. The van der Waals surface area contributed by atoms with Crippen molar-refractivity contribution in [3.05, 3.63) is 29.0 Å². The minimum Gasteiger partial charge on any atom is -0.339 e. The SMILES string of the molecule is CCSCCC(C)N(C)C(=O)c1ccc(Cl)nc1. The van der Waals surface area contributed by atoms with Crippen LogP contribution in [0.25, 0.3) is 0 Å². The Morgan fingerprint density at radius 3 is 2.83 bits per heavy atom. The van der Waals surface area contributed by atoms with Gasteiger partial charge >= 0.3 is 0 Å². The normalized spacial score (nSPS) is 12.2. The number of nitrogens with zero attached hydrogens (tertiary/aromatic N) is 2. The average Bonchev–Trinajstić information content (AvgIpc) is 2.38. The van der Waals surface area contributed by atoms with Gasteiger partial charge in [0.25, 0.3) is 5.91 Å². The molecular formula is C13H19ClN2OS. The third-order valence-corrected chi connectivity index (χ3v) is 4.00. The molecule has 0 spiro atoms. The molecule has 1 rings (SSSR count). The lowest BCUT2D eigenvalue weighted by molar-refractivity contribution is 0.0741. The van der Waals surface area contributed by atoms with Crippen molar-refractivity contribution in [3.63, 3.8) is 0 Å². The van der Waals surface area contributed by atoms with Gasteiger partial charge in [0.05, 0.1) is 5.56 Å². The van der Waals surface area contributed by atoms with Gasteiger partial charge in [0.2, 0.25) is 0 Å². The first kappa shape index (κ1) is 15.3. The highest BCUT2D eigenvalue weighted by Crippen LogP contribution is 2.12. The van der Waals surface area contributed by atoms with Crippen molar-refractivity contribution < 1.29 is 4.79 Å². The molecule has 0 radical (unpaired) electrons. The van der Waals surface area contributed by atoms with E-state index in [-0.39, 0.29) is 11.9 Å². The standard InChI is InChI=1S/C13H19ClN2OS/c1-4-18-8-7-10(2)16(3)13(17)11-5-6-12(14)15-9-11/h5-6,9-10H,4,7-8H2,1-3H3. The van der Waals surface area contributed by atoms with E-state index in [0.717, 1.165) is 17.9 Å². The average molecular weight is 287 g/mol. The van der Waals surface area contributed by atoms with Crippen molar-refractivity contribution in [1.29, 1.82) is 0 Å². The van der Waals surface area contributed by atoms with Gasteiger partial charge in [-0.1, -0.05) is 18.5 Å². The monoisotopic (exact) mass is 286 g/mol.